The van der Waals surface area contributed by atoms with Crippen molar-refractivity contribution in [1.82, 2.24) is 0 Å². The fourth-order valence-corrected chi connectivity index (χ4v) is 3.87. The number of aliphatic hydroxyl groups is 1. The molecule has 112 valence electrons. The normalized spacial score (nSPS) is 25.4. The number of aliphatic hydroxyl groups excluding tert-OH is 1. The minimum atomic E-state index is -0.0978. The van der Waals surface area contributed by atoms with Gasteiger partial charge in [-0.1, -0.05) is 52.4 Å². The van der Waals surface area contributed by atoms with Gasteiger partial charge < -0.3 is 9.84 Å². The molecule has 0 radical (unpaired) electrons. The molecule has 0 saturated heterocycles. The fourth-order valence-electron chi connectivity index (χ4n) is 3.87. The first-order valence-electron chi connectivity index (χ1n) is 8.40. The van der Waals surface area contributed by atoms with Crippen LogP contribution in [-0.2, 0) is 4.74 Å². The molecular formula is C17H32O2. The van der Waals surface area contributed by atoms with Crippen molar-refractivity contribution in [3.63, 3.8) is 0 Å². The van der Waals surface area contributed by atoms with E-state index in [0.29, 0.717) is 12.0 Å². The standard InChI is InChI=1S/C17H32O2/c1-17(2,13-18)16(14-9-5-3-6-10-14)19-15-11-7-4-8-12-15/h14-16,18H,3-13H2,1-2H3. The Balaban J connectivity index is 2.00. The van der Waals surface area contributed by atoms with Crippen LogP contribution in [-0.4, -0.2) is 23.9 Å². The third-order valence-electron chi connectivity index (χ3n) is 5.15. The van der Waals surface area contributed by atoms with Crippen molar-refractivity contribution < 1.29 is 9.84 Å². The second kappa shape index (κ2) is 7.08. The summed E-state index contributed by atoms with van der Waals surface area (Å²) in [5.74, 6) is 0.665. The molecule has 2 nitrogen and oxygen atoms in total. The van der Waals surface area contributed by atoms with E-state index >= 15 is 0 Å². The van der Waals surface area contributed by atoms with Crippen LogP contribution in [0.5, 0.6) is 0 Å². The third kappa shape index (κ3) is 4.19. The first-order valence-corrected chi connectivity index (χ1v) is 8.40. The molecule has 2 fully saturated rings. The highest BCUT2D eigenvalue weighted by Crippen LogP contribution is 2.38. The maximum atomic E-state index is 9.74. The molecule has 0 aromatic rings. The number of hydrogen-bond donors (Lipinski definition) is 1. The molecule has 19 heavy (non-hydrogen) atoms. The summed E-state index contributed by atoms with van der Waals surface area (Å²) in [7, 11) is 0. The van der Waals surface area contributed by atoms with E-state index in [9.17, 15) is 5.11 Å². The van der Waals surface area contributed by atoms with Gasteiger partial charge in [0, 0.05) is 5.41 Å². The van der Waals surface area contributed by atoms with Crippen molar-refractivity contribution in [3.8, 4) is 0 Å². The van der Waals surface area contributed by atoms with Gasteiger partial charge in [0.1, 0.15) is 0 Å². The molecule has 2 aliphatic rings. The largest absolute Gasteiger partial charge is 0.396 e. The molecule has 1 N–H and O–H groups in total. The highest BCUT2D eigenvalue weighted by molar-refractivity contribution is 4.87. The Labute approximate surface area is 118 Å². The van der Waals surface area contributed by atoms with Gasteiger partial charge in [-0.15, -0.1) is 0 Å². The lowest BCUT2D eigenvalue weighted by molar-refractivity contribution is -0.129. The molecule has 0 amide bonds. The Morgan fingerprint density at radius 3 is 2.00 bits per heavy atom. The zero-order valence-electron chi connectivity index (χ0n) is 12.9. The van der Waals surface area contributed by atoms with Gasteiger partial charge in [-0.3, -0.25) is 0 Å². The fraction of sp³-hybridized carbons (Fsp3) is 1.00. The molecule has 0 aromatic carbocycles. The van der Waals surface area contributed by atoms with Crippen molar-refractivity contribution >= 4 is 0 Å². The summed E-state index contributed by atoms with van der Waals surface area (Å²) in [6.07, 6.45) is 13.8. The summed E-state index contributed by atoms with van der Waals surface area (Å²) < 4.78 is 6.53. The van der Waals surface area contributed by atoms with Crippen molar-refractivity contribution in [2.75, 3.05) is 6.61 Å². The zero-order chi connectivity index (χ0) is 13.7. The van der Waals surface area contributed by atoms with Gasteiger partial charge in [-0.05, 0) is 31.6 Å². The first kappa shape index (κ1) is 15.3. The number of rotatable bonds is 5. The molecular weight excluding hydrogens is 236 g/mol. The Bertz CT molecular complexity index is 250. The van der Waals surface area contributed by atoms with Gasteiger partial charge in [0.25, 0.3) is 0 Å². The van der Waals surface area contributed by atoms with Crippen LogP contribution in [0.1, 0.15) is 78.1 Å². The highest BCUT2D eigenvalue weighted by Gasteiger charge is 2.38. The molecule has 1 unspecified atom stereocenters. The van der Waals surface area contributed by atoms with Crippen LogP contribution in [0, 0.1) is 11.3 Å². The maximum Gasteiger partial charge on any atom is 0.0679 e. The average molecular weight is 268 g/mol. The van der Waals surface area contributed by atoms with Crippen LogP contribution >= 0.6 is 0 Å². The van der Waals surface area contributed by atoms with Crippen LogP contribution in [0.25, 0.3) is 0 Å². The molecule has 0 bridgehead atoms. The van der Waals surface area contributed by atoms with Crippen LogP contribution < -0.4 is 0 Å². The van der Waals surface area contributed by atoms with Crippen molar-refractivity contribution in [2.45, 2.75) is 90.3 Å². The minimum Gasteiger partial charge on any atom is -0.396 e. The Morgan fingerprint density at radius 2 is 1.47 bits per heavy atom. The quantitative estimate of drug-likeness (QED) is 0.805. The molecule has 0 aliphatic heterocycles. The lowest BCUT2D eigenvalue weighted by Gasteiger charge is -2.42. The first-order chi connectivity index (χ1) is 9.13. The Hall–Kier alpha value is -0.0800. The van der Waals surface area contributed by atoms with E-state index in [1.54, 1.807) is 0 Å². The van der Waals surface area contributed by atoms with Crippen molar-refractivity contribution in [3.05, 3.63) is 0 Å². The van der Waals surface area contributed by atoms with E-state index in [1.165, 1.54) is 64.2 Å². The molecule has 2 rings (SSSR count). The lowest BCUT2D eigenvalue weighted by Crippen LogP contribution is -2.44. The van der Waals surface area contributed by atoms with E-state index < -0.39 is 0 Å². The summed E-state index contributed by atoms with van der Waals surface area (Å²) in [4.78, 5) is 0. The van der Waals surface area contributed by atoms with Crippen molar-refractivity contribution in [2.24, 2.45) is 11.3 Å². The van der Waals surface area contributed by atoms with Crippen molar-refractivity contribution in [1.29, 1.82) is 0 Å². The lowest BCUT2D eigenvalue weighted by atomic mass is 9.74. The van der Waals surface area contributed by atoms with E-state index in [4.69, 9.17) is 4.74 Å². The second-order valence-corrected chi connectivity index (χ2v) is 7.36. The Morgan fingerprint density at radius 1 is 0.947 bits per heavy atom. The monoisotopic (exact) mass is 268 g/mol. The predicted octanol–water partition coefficient (Wildman–Crippen LogP) is 4.30. The summed E-state index contributed by atoms with van der Waals surface area (Å²) >= 11 is 0. The summed E-state index contributed by atoms with van der Waals surface area (Å²) in [6.45, 7) is 4.59. The van der Waals surface area contributed by atoms with Gasteiger partial charge in [0.05, 0.1) is 18.8 Å². The molecule has 0 aromatic heterocycles. The maximum absolute atomic E-state index is 9.74. The zero-order valence-corrected chi connectivity index (χ0v) is 12.9. The summed E-state index contributed by atoms with van der Waals surface area (Å²) in [5, 5.41) is 9.74. The summed E-state index contributed by atoms with van der Waals surface area (Å²) in [6, 6.07) is 0. The van der Waals surface area contributed by atoms with Gasteiger partial charge in [0.2, 0.25) is 0 Å². The van der Waals surface area contributed by atoms with Gasteiger partial charge >= 0.3 is 0 Å². The van der Waals surface area contributed by atoms with Crippen LogP contribution in [0.15, 0.2) is 0 Å². The number of hydrogen-bond acceptors (Lipinski definition) is 2. The van der Waals surface area contributed by atoms with Gasteiger partial charge in [0.15, 0.2) is 0 Å². The molecule has 2 aliphatic carbocycles. The summed E-state index contributed by atoms with van der Waals surface area (Å²) in [5.41, 5.74) is -0.0978. The van der Waals surface area contributed by atoms with E-state index in [1.807, 2.05) is 0 Å². The van der Waals surface area contributed by atoms with Gasteiger partial charge in [-0.2, -0.15) is 0 Å². The average Bonchev–Trinajstić information content (AvgIpc) is 2.46. The predicted molar refractivity (Wildman–Crippen MR) is 79.2 cm³/mol. The molecule has 2 saturated carbocycles. The molecule has 1 atom stereocenters. The molecule has 2 heteroatoms. The van der Waals surface area contributed by atoms with Crippen LogP contribution in [0.4, 0.5) is 0 Å². The van der Waals surface area contributed by atoms with E-state index in [2.05, 4.69) is 13.8 Å². The SMILES string of the molecule is CC(C)(CO)C(OC1CCCCC1)C1CCCCC1. The van der Waals surface area contributed by atoms with Gasteiger partial charge in [-0.25, -0.2) is 0 Å². The molecule has 0 heterocycles. The smallest absolute Gasteiger partial charge is 0.0679 e. The topological polar surface area (TPSA) is 29.5 Å². The van der Waals surface area contributed by atoms with E-state index in [0.717, 1.165) is 0 Å². The highest BCUT2D eigenvalue weighted by atomic mass is 16.5. The third-order valence-corrected chi connectivity index (χ3v) is 5.15. The van der Waals surface area contributed by atoms with Crippen LogP contribution in [0.3, 0.4) is 0 Å². The number of ether oxygens (including phenoxy) is 1. The Kier molecular flexibility index (Phi) is 5.70. The van der Waals surface area contributed by atoms with E-state index in [-0.39, 0.29) is 18.1 Å². The van der Waals surface area contributed by atoms with Crippen LogP contribution in [0.2, 0.25) is 0 Å². The molecule has 0 spiro atoms. The second-order valence-electron chi connectivity index (χ2n) is 7.36. The minimum absolute atomic E-state index is 0.0978.